The Bertz CT molecular complexity index is 201. The van der Waals surface area contributed by atoms with Gasteiger partial charge >= 0.3 is 5.97 Å². The molecule has 0 aromatic heterocycles. The average Bonchev–Trinajstić information content (AvgIpc) is 2.37. The maximum Gasteiger partial charge on any atom is 0.330 e. The van der Waals surface area contributed by atoms with Gasteiger partial charge in [-0.25, -0.2) is 4.79 Å². The molecule has 17 heavy (non-hydrogen) atoms. The van der Waals surface area contributed by atoms with E-state index in [1.54, 1.807) is 12.2 Å². The Hall–Kier alpha value is -1.31. The quantitative estimate of drug-likeness (QED) is 0.257. The van der Waals surface area contributed by atoms with Crippen LogP contribution in [0.15, 0.2) is 38.0 Å². The van der Waals surface area contributed by atoms with Crippen molar-refractivity contribution in [3.63, 3.8) is 0 Å². The molecular formula is C15H26O2. The Balaban J connectivity index is 0. The molecule has 0 radical (unpaired) electrons. The van der Waals surface area contributed by atoms with Crippen LogP contribution in [0.4, 0.5) is 0 Å². The zero-order chi connectivity index (χ0) is 13.4. The highest BCUT2D eigenvalue weighted by Crippen LogP contribution is 2.04. The number of allylic oxidation sites excluding steroid dienone is 2. The third-order valence-electron chi connectivity index (χ3n) is 2.08. The van der Waals surface area contributed by atoms with Crippen LogP contribution in [0.5, 0.6) is 0 Å². The fraction of sp³-hybridized carbons (Fsp3) is 0.533. The molecule has 0 spiro atoms. The van der Waals surface area contributed by atoms with Crippen molar-refractivity contribution in [3.05, 3.63) is 38.0 Å². The Labute approximate surface area is 106 Å². The number of ether oxygens (including phenoxy) is 1. The largest absolute Gasteiger partial charge is 0.463 e. The van der Waals surface area contributed by atoms with Crippen LogP contribution in [-0.2, 0) is 9.53 Å². The third kappa shape index (κ3) is 20.7. The molecule has 0 rings (SSSR count). The van der Waals surface area contributed by atoms with E-state index in [-0.39, 0.29) is 5.97 Å². The zero-order valence-corrected chi connectivity index (χ0v) is 11.1. The van der Waals surface area contributed by atoms with E-state index in [4.69, 9.17) is 4.74 Å². The van der Waals surface area contributed by atoms with Crippen molar-refractivity contribution in [3.8, 4) is 0 Å². The molecule has 0 saturated heterocycles. The molecule has 0 aliphatic rings. The van der Waals surface area contributed by atoms with Gasteiger partial charge in [-0.15, -0.1) is 0 Å². The van der Waals surface area contributed by atoms with Crippen LogP contribution in [0.2, 0.25) is 0 Å². The number of esters is 1. The lowest BCUT2D eigenvalue weighted by molar-refractivity contribution is -0.137. The van der Waals surface area contributed by atoms with Gasteiger partial charge in [0.15, 0.2) is 0 Å². The van der Waals surface area contributed by atoms with Crippen LogP contribution < -0.4 is 0 Å². The van der Waals surface area contributed by atoms with Crippen LogP contribution in [-0.4, -0.2) is 12.6 Å². The molecule has 0 atom stereocenters. The topological polar surface area (TPSA) is 26.3 Å². The molecule has 98 valence electrons. The minimum atomic E-state index is -0.312. The van der Waals surface area contributed by atoms with Gasteiger partial charge in [0.25, 0.3) is 0 Å². The van der Waals surface area contributed by atoms with Crippen molar-refractivity contribution in [2.24, 2.45) is 0 Å². The first kappa shape index (κ1) is 18.1. The van der Waals surface area contributed by atoms with Crippen LogP contribution in [0, 0.1) is 0 Å². The summed E-state index contributed by atoms with van der Waals surface area (Å²) in [6.07, 6.45) is 11.7. The monoisotopic (exact) mass is 238 g/mol. The fourth-order valence-corrected chi connectivity index (χ4v) is 1.11. The molecule has 0 aliphatic heterocycles. The Morgan fingerprint density at radius 1 is 1.00 bits per heavy atom. The Morgan fingerprint density at radius 2 is 1.53 bits per heavy atom. The fourth-order valence-electron chi connectivity index (χ4n) is 1.11. The van der Waals surface area contributed by atoms with Gasteiger partial charge in [-0.2, -0.15) is 0 Å². The molecule has 0 amide bonds. The summed E-state index contributed by atoms with van der Waals surface area (Å²) in [6.45, 7) is 12.8. The van der Waals surface area contributed by atoms with Crippen molar-refractivity contribution >= 4 is 5.97 Å². The second-order valence-corrected chi connectivity index (χ2v) is 3.61. The zero-order valence-electron chi connectivity index (χ0n) is 11.1. The van der Waals surface area contributed by atoms with Crippen LogP contribution >= 0.6 is 0 Å². The molecule has 0 saturated carbocycles. The molecule has 2 nitrogen and oxygen atoms in total. The minimum absolute atomic E-state index is 0.312. The van der Waals surface area contributed by atoms with E-state index in [0.29, 0.717) is 6.61 Å². The molecular weight excluding hydrogens is 212 g/mol. The lowest BCUT2D eigenvalue weighted by atomic mass is 10.1. The molecule has 0 aliphatic carbocycles. The van der Waals surface area contributed by atoms with Crippen LogP contribution in [0.1, 0.15) is 45.4 Å². The number of hydrogen-bond donors (Lipinski definition) is 0. The summed E-state index contributed by atoms with van der Waals surface area (Å²) >= 11 is 0. The van der Waals surface area contributed by atoms with Gasteiger partial charge in [-0.1, -0.05) is 70.9 Å². The van der Waals surface area contributed by atoms with Crippen LogP contribution in [0.3, 0.4) is 0 Å². The van der Waals surface area contributed by atoms with E-state index >= 15 is 0 Å². The van der Waals surface area contributed by atoms with Crippen molar-refractivity contribution in [2.75, 3.05) is 6.61 Å². The van der Waals surface area contributed by atoms with Gasteiger partial charge in [0.2, 0.25) is 0 Å². The third-order valence-corrected chi connectivity index (χ3v) is 2.08. The molecule has 0 bridgehead atoms. The highest BCUT2D eigenvalue weighted by molar-refractivity contribution is 5.81. The molecule has 0 heterocycles. The lowest BCUT2D eigenvalue weighted by Crippen LogP contribution is -2.01. The second kappa shape index (κ2) is 17.1. The van der Waals surface area contributed by atoms with Crippen molar-refractivity contribution in [1.29, 1.82) is 0 Å². The van der Waals surface area contributed by atoms with Gasteiger partial charge in [-0.05, 0) is 6.42 Å². The SMILES string of the molecule is C=CC(=O)OCCCCCCCC.C=CC=C. The summed E-state index contributed by atoms with van der Waals surface area (Å²) in [4.78, 5) is 10.6. The lowest BCUT2D eigenvalue weighted by Gasteiger charge is -2.01. The normalized spacial score (nSPS) is 8.53. The van der Waals surface area contributed by atoms with E-state index in [1.165, 1.54) is 31.8 Å². The van der Waals surface area contributed by atoms with Crippen molar-refractivity contribution in [1.82, 2.24) is 0 Å². The van der Waals surface area contributed by atoms with Gasteiger partial charge < -0.3 is 4.74 Å². The van der Waals surface area contributed by atoms with Gasteiger partial charge in [0, 0.05) is 6.08 Å². The van der Waals surface area contributed by atoms with Crippen molar-refractivity contribution in [2.45, 2.75) is 45.4 Å². The first-order valence-corrected chi connectivity index (χ1v) is 6.25. The van der Waals surface area contributed by atoms with Gasteiger partial charge in [0.1, 0.15) is 0 Å². The second-order valence-electron chi connectivity index (χ2n) is 3.61. The predicted molar refractivity (Wildman–Crippen MR) is 74.9 cm³/mol. The first-order chi connectivity index (χ1) is 8.22. The number of carbonyl (C=O) groups is 1. The number of rotatable bonds is 9. The number of carbonyl (C=O) groups excluding carboxylic acids is 1. The summed E-state index contributed by atoms with van der Waals surface area (Å²) in [7, 11) is 0. The van der Waals surface area contributed by atoms with Crippen molar-refractivity contribution < 1.29 is 9.53 Å². The van der Waals surface area contributed by atoms with E-state index in [9.17, 15) is 4.79 Å². The highest BCUT2D eigenvalue weighted by atomic mass is 16.5. The van der Waals surface area contributed by atoms with E-state index in [2.05, 4.69) is 26.7 Å². The molecule has 0 aromatic rings. The maximum atomic E-state index is 10.6. The summed E-state index contributed by atoms with van der Waals surface area (Å²) in [6, 6.07) is 0. The van der Waals surface area contributed by atoms with E-state index in [0.717, 1.165) is 12.8 Å². The van der Waals surface area contributed by atoms with E-state index < -0.39 is 0 Å². The number of unbranched alkanes of at least 4 members (excludes halogenated alkanes) is 5. The molecule has 2 heteroatoms. The highest BCUT2D eigenvalue weighted by Gasteiger charge is 1.94. The summed E-state index contributed by atoms with van der Waals surface area (Å²) in [5, 5.41) is 0. The average molecular weight is 238 g/mol. The first-order valence-electron chi connectivity index (χ1n) is 6.25. The smallest absolute Gasteiger partial charge is 0.330 e. The molecule has 0 aromatic carbocycles. The summed E-state index contributed by atoms with van der Waals surface area (Å²) in [5.74, 6) is -0.312. The Morgan fingerprint density at radius 3 is 2.00 bits per heavy atom. The summed E-state index contributed by atoms with van der Waals surface area (Å²) < 4.78 is 4.84. The molecule has 0 N–H and O–H groups in total. The van der Waals surface area contributed by atoms with Crippen LogP contribution in [0.25, 0.3) is 0 Å². The standard InChI is InChI=1S/C11H20O2.C4H6/c1-3-5-6-7-8-9-10-13-11(12)4-2;1-3-4-2/h4H,2-3,5-10H2,1H3;3-4H,1-2H2. The Kier molecular flexibility index (Phi) is 18.2. The summed E-state index contributed by atoms with van der Waals surface area (Å²) in [5.41, 5.74) is 0. The molecule has 0 fully saturated rings. The number of hydrogen-bond acceptors (Lipinski definition) is 2. The van der Waals surface area contributed by atoms with Gasteiger partial charge in [-0.3, -0.25) is 0 Å². The predicted octanol–water partition coefficient (Wildman–Crippen LogP) is 4.43. The maximum absolute atomic E-state index is 10.6. The minimum Gasteiger partial charge on any atom is -0.463 e. The molecule has 0 unspecified atom stereocenters. The van der Waals surface area contributed by atoms with E-state index in [1.807, 2.05) is 0 Å². The van der Waals surface area contributed by atoms with Gasteiger partial charge in [0.05, 0.1) is 6.61 Å².